The minimum atomic E-state index is 0.0422. The van der Waals surface area contributed by atoms with Crippen molar-refractivity contribution < 1.29 is 4.79 Å². The maximum absolute atomic E-state index is 11.4. The predicted molar refractivity (Wildman–Crippen MR) is 70.8 cm³/mol. The monoisotopic (exact) mass is 249 g/mol. The van der Waals surface area contributed by atoms with E-state index in [4.69, 9.17) is 0 Å². The molecule has 0 atom stereocenters. The summed E-state index contributed by atoms with van der Waals surface area (Å²) in [5, 5.41) is 5.98. The molecule has 1 aliphatic heterocycles. The van der Waals surface area contributed by atoms with Gasteiger partial charge in [-0.2, -0.15) is 4.98 Å². The molecule has 6 heteroatoms. The molecule has 1 aromatic rings. The van der Waals surface area contributed by atoms with E-state index in [0.29, 0.717) is 19.0 Å². The lowest BCUT2D eigenvalue weighted by Gasteiger charge is -2.27. The van der Waals surface area contributed by atoms with Crippen LogP contribution in [0.1, 0.15) is 19.0 Å². The molecule has 1 amide bonds. The van der Waals surface area contributed by atoms with Crippen molar-refractivity contribution in [3.63, 3.8) is 0 Å². The number of carbonyl (C=O) groups excluding carboxylic acids is 1. The number of aryl methyl sites for hydroxylation is 1. The topological polar surface area (TPSA) is 70.2 Å². The Labute approximate surface area is 107 Å². The molecule has 98 valence electrons. The van der Waals surface area contributed by atoms with Crippen LogP contribution in [0, 0.1) is 6.92 Å². The number of amides is 1. The third-order valence-electron chi connectivity index (χ3n) is 2.74. The van der Waals surface area contributed by atoms with E-state index in [1.54, 1.807) is 0 Å². The van der Waals surface area contributed by atoms with Crippen LogP contribution in [0.15, 0.2) is 6.07 Å². The average molecular weight is 249 g/mol. The van der Waals surface area contributed by atoms with Gasteiger partial charge in [-0.1, -0.05) is 6.92 Å². The molecule has 0 radical (unpaired) electrons. The van der Waals surface area contributed by atoms with Gasteiger partial charge in [0.2, 0.25) is 11.9 Å². The molecule has 1 saturated heterocycles. The molecule has 2 rings (SSSR count). The molecule has 0 spiro atoms. The lowest BCUT2D eigenvalue weighted by atomic mass is 10.3. The van der Waals surface area contributed by atoms with Crippen molar-refractivity contribution in [2.75, 3.05) is 36.4 Å². The van der Waals surface area contributed by atoms with Crippen molar-refractivity contribution in [3.05, 3.63) is 11.8 Å². The van der Waals surface area contributed by atoms with Crippen molar-refractivity contribution in [1.29, 1.82) is 0 Å². The molecular weight excluding hydrogens is 230 g/mol. The van der Waals surface area contributed by atoms with Crippen molar-refractivity contribution in [2.45, 2.75) is 20.3 Å². The lowest BCUT2D eigenvalue weighted by Crippen LogP contribution is -2.48. The van der Waals surface area contributed by atoms with Crippen molar-refractivity contribution in [2.24, 2.45) is 0 Å². The van der Waals surface area contributed by atoms with Gasteiger partial charge in [0.25, 0.3) is 0 Å². The van der Waals surface area contributed by atoms with Crippen LogP contribution in [0.2, 0.25) is 0 Å². The molecule has 6 nitrogen and oxygen atoms in total. The van der Waals surface area contributed by atoms with Crippen LogP contribution in [0.5, 0.6) is 0 Å². The van der Waals surface area contributed by atoms with Crippen LogP contribution in [-0.2, 0) is 4.79 Å². The van der Waals surface area contributed by atoms with E-state index in [-0.39, 0.29) is 5.91 Å². The van der Waals surface area contributed by atoms with Crippen LogP contribution in [0.25, 0.3) is 0 Å². The summed E-state index contributed by atoms with van der Waals surface area (Å²) in [6.07, 6.45) is 1.03. The van der Waals surface area contributed by atoms with Gasteiger partial charge in [-0.15, -0.1) is 0 Å². The van der Waals surface area contributed by atoms with Crippen LogP contribution < -0.4 is 15.5 Å². The summed E-state index contributed by atoms with van der Waals surface area (Å²) in [7, 11) is 0. The molecule has 0 saturated carbocycles. The van der Waals surface area contributed by atoms with Gasteiger partial charge in [-0.05, 0) is 13.3 Å². The van der Waals surface area contributed by atoms with Gasteiger partial charge >= 0.3 is 0 Å². The molecule has 0 aliphatic carbocycles. The summed E-state index contributed by atoms with van der Waals surface area (Å²) in [4.78, 5) is 22.1. The van der Waals surface area contributed by atoms with Crippen LogP contribution >= 0.6 is 0 Å². The van der Waals surface area contributed by atoms with Crippen LogP contribution in [-0.4, -0.2) is 42.1 Å². The second-order valence-electron chi connectivity index (χ2n) is 4.39. The van der Waals surface area contributed by atoms with E-state index in [1.807, 2.05) is 17.9 Å². The van der Waals surface area contributed by atoms with E-state index < -0.39 is 0 Å². The largest absolute Gasteiger partial charge is 0.354 e. The van der Waals surface area contributed by atoms with Gasteiger partial charge in [-0.25, -0.2) is 4.98 Å². The number of hydrogen-bond donors (Lipinski definition) is 2. The maximum Gasteiger partial charge on any atom is 0.239 e. The number of aromatic nitrogens is 2. The first kappa shape index (κ1) is 12.6. The first-order valence-corrected chi connectivity index (χ1v) is 6.30. The van der Waals surface area contributed by atoms with Gasteiger partial charge in [0.15, 0.2) is 0 Å². The fourth-order valence-corrected chi connectivity index (χ4v) is 1.86. The van der Waals surface area contributed by atoms with E-state index in [1.165, 1.54) is 0 Å². The molecule has 2 N–H and O–H groups in total. The first-order valence-electron chi connectivity index (χ1n) is 6.30. The summed E-state index contributed by atoms with van der Waals surface area (Å²) in [5.74, 6) is 1.49. The summed E-state index contributed by atoms with van der Waals surface area (Å²) in [6, 6.07) is 1.91. The van der Waals surface area contributed by atoms with E-state index in [9.17, 15) is 4.79 Å². The third-order valence-corrected chi connectivity index (χ3v) is 2.74. The molecular formula is C12H19N5O. The maximum atomic E-state index is 11.4. The molecule has 18 heavy (non-hydrogen) atoms. The zero-order chi connectivity index (χ0) is 13.0. The fourth-order valence-electron chi connectivity index (χ4n) is 1.86. The van der Waals surface area contributed by atoms with E-state index in [2.05, 4.69) is 27.5 Å². The molecule has 1 fully saturated rings. The summed E-state index contributed by atoms with van der Waals surface area (Å²) < 4.78 is 0. The highest BCUT2D eigenvalue weighted by molar-refractivity contribution is 5.82. The Morgan fingerprint density at radius 3 is 3.06 bits per heavy atom. The van der Waals surface area contributed by atoms with Gasteiger partial charge in [0.05, 0.1) is 6.54 Å². The first-order chi connectivity index (χ1) is 8.69. The molecule has 0 bridgehead atoms. The molecule has 2 heterocycles. The molecule has 0 unspecified atom stereocenters. The summed E-state index contributed by atoms with van der Waals surface area (Å²) >= 11 is 0. The minimum Gasteiger partial charge on any atom is -0.354 e. The van der Waals surface area contributed by atoms with Gasteiger partial charge in [0, 0.05) is 31.4 Å². The number of piperazine rings is 1. The minimum absolute atomic E-state index is 0.0422. The second kappa shape index (κ2) is 5.66. The summed E-state index contributed by atoms with van der Waals surface area (Å²) in [5.41, 5.74) is 0.907. The highest BCUT2D eigenvalue weighted by atomic mass is 16.2. The molecule has 1 aliphatic rings. The summed E-state index contributed by atoms with van der Waals surface area (Å²) in [6.45, 7) is 6.70. The average Bonchev–Trinajstić information content (AvgIpc) is 2.36. The van der Waals surface area contributed by atoms with E-state index in [0.717, 1.165) is 31.0 Å². The van der Waals surface area contributed by atoms with Gasteiger partial charge < -0.3 is 15.5 Å². The highest BCUT2D eigenvalue weighted by Crippen LogP contribution is 2.15. The lowest BCUT2D eigenvalue weighted by molar-refractivity contribution is -0.120. The number of carbonyl (C=O) groups is 1. The number of hydrogen-bond acceptors (Lipinski definition) is 5. The van der Waals surface area contributed by atoms with Crippen molar-refractivity contribution in [1.82, 2.24) is 15.3 Å². The van der Waals surface area contributed by atoms with Crippen molar-refractivity contribution >= 4 is 17.7 Å². The predicted octanol–water partition coefficient (Wildman–Crippen LogP) is 0.543. The Bertz CT molecular complexity index is 434. The number of anilines is 2. The second-order valence-corrected chi connectivity index (χ2v) is 4.39. The Hall–Kier alpha value is -1.85. The van der Waals surface area contributed by atoms with Crippen LogP contribution in [0.4, 0.5) is 11.8 Å². The number of rotatable bonds is 4. The smallest absolute Gasteiger partial charge is 0.239 e. The number of nitrogens with one attached hydrogen (secondary N) is 2. The van der Waals surface area contributed by atoms with E-state index >= 15 is 0 Å². The van der Waals surface area contributed by atoms with Gasteiger partial charge in [0.1, 0.15) is 5.82 Å². The Morgan fingerprint density at radius 1 is 1.50 bits per heavy atom. The third kappa shape index (κ3) is 3.09. The number of nitrogens with zero attached hydrogens (tertiary/aromatic N) is 3. The molecule has 1 aromatic heterocycles. The Morgan fingerprint density at radius 2 is 2.33 bits per heavy atom. The standard InChI is InChI=1S/C12H19N5O/c1-3-4-14-12-15-9(2)7-10(16-12)17-6-5-13-11(18)8-17/h7H,3-6,8H2,1-2H3,(H,13,18)(H,14,15,16). The zero-order valence-corrected chi connectivity index (χ0v) is 10.9. The zero-order valence-electron chi connectivity index (χ0n) is 10.9. The van der Waals surface area contributed by atoms with Gasteiger partial charge in [-0.3, -0.25) is 4.79 Å². The SMILES string of the molecule is CCCNc1nc(C)cc(N2CCNC(=O)C2)n1. The van der Waals surface area contributed by atoms with Crippen molar-refractivity contribution in [3.8, 4) is 0 Å². The Kier molecular flexibility index (Phi) is 3.96. The highest BCUT2D eigenvalue weighted by Gasteiger charge is 2.18. The molecule has 0 aromatic carbocycles. The van der Waals surface area contributed by atoms with Crippen LogP contribution in [0.3, 0.4) is 0 Å². The normalized spacial score (nSPS) is 15.4. The quantitative estimate of drug-likeness (QED) is 0.815. The fraction of sp³-hybridized carbons (Fsp3) is 0.583. The Balaban J connectivity index is 2.16.